The van der Waals surface area contributed by atoms with E-state index in [0.29, 0.717) is 17.3 Å². The van der Waals surface area contributed by atoms with Crippen LogP contribution in [0.25, 0.3) is 0 Å². The van der Waals surface area contributed by atoms with E-state index >= 15 is 0 Å². The molecule has 0 heterocycles. The maximum Gasteiger partial charge on any atom is 0.242 e. The molecule has 5 nitrogen and oxygen atoms in total. The van der Waals surface area contributed by atoms with Crippen molar-refractivity contribution in [1.29, 1.82) is 0 Å². The molecule has 0 saturated heterocycles. The van der Waals surface area contributed by atoms with Crippen molar-refractivity contribution in [3.8, 4) is 5.75 Å². The Labute approximate surface area is 175 Å². The topological polar surface area (TPSA) is 58.6 Å². The number of halogens is 1. The molecule has 2 rings (SSSR count). The number of benzene rings is 2. The molecule has 2 amide bonds. The van der Waals surface area contributed by atoms with E-state index in [1.54, 1.807) is 32.0 Å². The molecule has 0 aromatic heterocycles. The quantitative estimate of drug-likeness (QED) is 0.671. The number of rotatable bonds is 9. The van der Waals surface area contributed by atoms with Crippen molar-refractivity contribution in [3.63, 3.8) is 0 Å². The van der Waals surface area contributed by atoms with E-state index in [0.717, 1.165) is 16.9 Å². The number of ether oxygens (including phenoxy) is 1. The number of hydrogen-bond donors (Lipinski definition) is 1. The van der Waals surface area contributed by atoms with Gasteiger partial charge in [0.25, 0.3) is 0 Å². The van der Waals surface area contributed by atoms with Crippen LogP contribution in [0.3, 0.4) is 0 Å². The van der Waals surface area contributed by atoms with Crippen molar-refractivity contribution >= 4 is 35.2 Å². The van der Waals surface area contributed by atoms with Crippen LogP contribution in [0.15, 0.2) is 48.5 Å². The summed E-state index contributed by atoms with van der Waals surface area (Å²) in [6.45, 7) is 2.06. The Balaban J connectivity index is 2.01. The van der Waals surface area contributed by atoms with Gasteiger partial charge in [0.05, 0.1) is 12.9 Å². The molecule has 1 atom stereocenters. The normalized spacial score (nSPS) is 11.6. The highest BCUT2D eigenvalue weighted by atomic mass is 35.5. The van der Waals surface area contributed by atoms with Crippen LogP contribution in [-0.4, -0.2) is 42.7 Å². The monoisotopic (exact) mass is 420 g/mol. The van der Waals surface area contributed by atoms with E-state index in [-0.39, 0.29) is 17.6 Å². The molecule has 2 aromatic carbocycles. The van der Waals surface area contributed by atoms with Crippen LogP contribution in [0.2, 0.25) is 5.02 Å². The van der Waals surface area contributed by atoms with E-state index in [9.17, 15) is 9.59 Å². The van der Waals surface area contributed by atoms with E-state index < -0.39 is 6.04 Å². The largest absolute Gasteiger partial charge is 0.497 e. The van der Waals surface area contributed by atoms with Crippen LogP contribution in [0.4, 0.5) is 0 Å². The maximum absolute atomic E-state index is 12.9. The predicted octanol–water partition coefficient (Wildman–Crippen LogP) is 3.75. The van der Waals surface area contributed by atoms with Crippen molar-refractivity contribution in [2.45, 2.75) is 25.3 Å². The lowest BCUT2D eigenvalue weighted by atomic mass is 10.1. The van der Waals surface area contributed by atoms with Crippen molar-refractivity contribution < 1.29 is 14.3 Å². The Kier molecular flexibility index (Phi) is 8.67. The first-order valence-corrected chi connectivity index (χ1v) is 10.4. The summed E-state index contributed by atoms with van der Waals surface area (Å²) < 4.78 is 5.15. The summed E-state index contributed by atoms with van der Waals surface area (Å²) >= 11 is 7.57. The van der Waals surface area contributed by atoms with Gasteiger partial charge in [-0.25, -0.2) is 0 Å². The lowest BCUT2D eigenvalue weighted by molar-refractivity contribution is -0.138. The zero-order chi connectivity index (χ0) is 20.5. The van der Waals surface area contributed by atoms with Gasteiger partial charge in [-0.3, -0.25) is 9.59 Å². The van der Waals surface area contributed by atoms with Gasteiger partial charge in [0.2, 0.25) is 11.8 Å². The number of likely N-dealkylation sites (N-methyl/N-ethyl adjacent to an activating group) is 1. The van der Waals surface area contributed by atoms with Crippen molar-refractivity contribution in [2.75, 3.05) is 19.9 Å². The molecule has 0 aliphatic carbocycles. The molecule has 0 aliphatic rings. The maximum atomic E-state index is 12.9. The van der Waals surface area contributed by atoms with Crippen LogP contribution in [0.5, 0.6) is 5.75 Å². The Morgan fingerprint density at radius 3 is 2.50 bits per heavy atom. The van der Waals surface area contributed by atoms with Crippen molar-refractivity contribution in [1.82, 2.24) is 10.2 Å². The Hall–Kier alpha value is -2.18. The van der Waals surface area contributed by atoms with E-state index in [2.05, 4.69) is 5.32 Å². The third-order valence-electron chi connectivity index (χ3n) is 4.31. The summed E-state index contributed by atoms with van der Waals surface area (Å²) in [4.78, 5) is 26.6. The van der Waals surface area contributed by atoms with Crippen molar-refractivity contribution in [3.05, 3.63) is 64.7 Å². The lowest BCUT2D eigenvalue weighted by Crippen LogP contribution is -2.47. The number of nitrogens with zero attached hydrogens (tertiary/aromatic N) is 1. The smallest absolute Gasteiger partial charge is 0.242 e. The molecule has 0 bridgehead atoms. The first-order chi connectivity index (χ1) is 13.4. The fourth-order valence-corrected chi connectivity index (χ4v) is 3.77. The summed E-state index contributed by atoms with van der Waals surface area (Å²) in [5.74, 6) is 1.50. The number of amides is 2. The summed E-state index contributed by atoms with van der Waals surface area (Å²) in [5, 5.41) is 3.22. The van der Waals surface area contributed by atoms with Gasteiger partial charge in [-0.2, -0.15) is 0 Å². The van der Waals surface area contributed by atoms with Crippen molar-refractivity contribution in [2.24, 2.45) is 0 Å². The fourth-order valence-electron chi connectivity index (χ4n) is 2.68. The number of thioether (sulfide) groups is 1. The zero-order valence-corrected chi connectivity index (χ0v) is 17.8. The molecule has 7 heteroatoms. The molecule has 28 heavy (non-hydrogen) atoms. The number of carbonyl (C=O) groups is 2. The SMILES string of the molecule is CNC(=O)C(C)N(Cc1cccc(Cl)c1)C(=O)CSCc1ccc(OC)cc1. The molecular formula is C21H25ClN2O3S. The number of nitrogens with one attached hydrogen (secondary N) is 1. The highest BCUT2D eigenvalue weighted by molar-refractivity contribution is 7.99. The number of methoxy groups -OCH3 is 1. The Morgan fingerprint density at radius 1 is 1.18 bits per heavy atom. The molecule has 1 unspecified atom stereocenters. The first-order valence-electron chi connectivity index (χ1n) is 8.90. The minimum absolute atomic E-state index is 0.0883. The molecule has 2 aromatic rings. The van der Waals surface area contributed by atoms with Gasteiger partial charge >= 0.3 is 0 Å². The fraction of sp³-hybridized carbons (Fsp3) is 0.333. The minimum atomic E-state index is -0.571. The van der Waals surface area contributed by atoms with Crippen LogP contribution < -0.4 is 10.1 Å². The predicted molar refractivity (Wildman–Crippen MR) is 115 cm³/mol. The molecule has 0 fully saturated rings. The van der Waals surface area contributed by atoms with Gasteiger partial charge in [-0.05, 0) is 42.3 Å². The van der Waals surface area contributed by atoms with Gasteiger partial charge in [0.15, 0.2) is 0 Å². The van der Waals surface area contributed by atoms with Gasteiger partial charge in [-0.15, -0.1) is 11.8 Å². The van der Waals surface area contributed by atoms with Gasteiger partial charge in [0, 0.05) is 24.4 Å². The van der Waals surface area contributed by atoms with Crippen LogP contribution in [0.1, 0.15) is 18.1 Å². The molecule has 0 spiro atoms. The third-order valence-corrected chi connectivity index (χ3v) is 5.53. The molecule has 1 N–H and O–H groups in total. The average molecular weight is 421 g/mol. The van der Waals surface area contributed by atoms with Crippen LogP contribution in [0, 0.1) is 0 Å². The molecule has 0 saturated carbocycles. The lowest BCUT2D eigenvalue weighted by Gasteiger charge is -2.28. The van der Waals surface area contributed by atoms with E-state index in [1.807, 2.05) is 42.5 Å². The number of carbonyl (C=O) groups excluding carboxylic acids is 2. The van der Waals surface area contributed by atoms with Gasteiger partial charge < -0.3 is 15.0 Å². The second-order valence-corrected chi connectivity index (χ2v) is 7.70. The highest BCUT2D eigenvalue weighted by Crippen LogP contribution is 2.19. The Morgan fingerprint density at radius 2 is 1.89 bits per heavy atom. The summed E-state index contributed by atoms with van der Waals surface area (Å²) in [5.41, 5.74) is 2.00. The summed E-state index contributed by atoms with van der Waals surface area (Å²) in [6, 6.07) is 14.5. The second-order valence-electron chi connectivity index (χ2n) is 6.28. The summed E-state index contributed by atoms with van der Waals surface area (Å²) in [6.07, 6.45) is 0. The highest BCUT2D eigenvalue weighted by Gasteiger charge is 2.25. The standard InChI is InChI=1S/C21H25ClN2O3S/c1-15(21(26)23-2)24(12-17-5-4-6-18(22)11-17)20(25)14-28-13-16-7-9-19(27-3)10-8-16/h4-11,15H,12-14H2,1-3H3,(H,23,26). The first kappa shape index (κ1) is 22.1. The van der Waals surface area contributed by atoms with E-state index in [1.165, 1.54) is 11.8 Å². The van der Waals surface area contributed by atoms with Gasteiger partial charge in [-0.1, -0.05) is 35.9 Å². The minimum Gasteiger partial charge on any atom is -0.497 e. The van der Waals surface area contributed by atoms with Crippen LogP contribution >= 0.6 is 23.4 Å². The number of hydrogen-bond acceptors (Lipinski definition) is 4. The third kappa shape index (κ3) is 6.46. The van der Waals surface area contributed by atoms with Gasteiger partial charge in [0.1, 0.15) is 11.8 Å². The van der Waals surface area contributed by atoms with E-state index in [4.69, 9.17) is 16.3 Å². The molecule has 0 radical (unpaired) electrons. The molecular weight excluding hydrogens is 396 g/mol. The second kappa shape index (κ2) is 11.0. The molecule has 150 valence electrons. The average Bonchev–Trinajstić information content (AvgIpc) is 2.71. The summed E-state index contributed by atoms with van der Waals surface area (Å²) in [7, 11) is 3.20. The molecule has 0 aliphatic heterocycles. The zero-order valence-electron chi connectivity index (χ0n) is 16.3. The van der Waals surface area contributed by atoms with Crippen LogP contribution in [-0.2, 0) is 21.9 Å². The Bertz CT molecular complexity index is 798.